The smallest absolute Gasteiger partial charge is 0.221 e. The van der Waals surface area contributed by atoms with Gasteiger partial charge in [-0.05, 0) is 44.1 Å². The molecule has 2 aliphatic rings. The molecule has 2 saturated carbocycles. The number of rotatable bonds is 6. The molecule has 0 bridgehead atoms. The van der Waals surface area contributed by atoms with Gasteiger partial charge in [0.05, 0.1) is 0 Å². The first kappa shape index (κ1) is 12.9. The van der Waals surface area contributed by atoms with E-state index in [2.05, 4.69) is 17.6 Å². The summed E-state index contributed by atoms with van der Waals surface area (Å²) in [6.45, 7) is 4.29. The lowest BCUT2D eigenvalue weighted by molar-refractivity contribution is -0.121. The largest absolute Gasteiger partial charge is 0.353 e. The third kappa shape index (κ3) is 5.07. The number of carbonyl (C=O) groups is 1. The fourth-order valence-electron chi connectivity index (χ4n) is 2.57. The molecule has 0 aliphatic heterocycles. The van der Waals surface area contributed by atoms with Crippen LogP contribution in [0.1, 0.15) is 51.9 Å². The predicted molar refractivity (Wildman–Crippen MR) is 69.8 cm³/mol. The van der Waals surface area contributed by atoms with Gasteiger partial charge in [-0.25, -0.2) is 0 Å². The van der Waals surface area contributed by atoms with Gasteiger partial charge in [-0.3, -0.25) is 4.79 Å². The molecular weight excluding hydrogens is 212 g/mol. The Hall–Kier alpha value is -0.570. The van der Waals surface area contributed by atoms with Gasteiger partial charge in [-0.1, -0.05) is 19.8 Å². The summed E-state index contributed by atoms with van der Waals surface area (Å²) in [6.07, 6.45) is 8.49. The molecule has 0 saturated heterocycles. The van der Waals surface area contributed by atoms with Crippen LogP contribution in [0.15, 0.2) is 0 Å². The van der Waals surface area contributed by atoms with Crippen molar-refractivity contribution in [2.24, 2.45) is 11.8 Å². The Kier molecular flexibility index (Phi) is 4.84. The van der Waals surface area contributed by atoms with E-state index in [4.69, 9.17) is 0 Å². The molecule has 0 spiro atoms. The molecule has 2 N–H and O–H groups in total. The Morgan fingerprint density at radius 1 is 1.12 bits per heavy atom. The molecule has 0 aromatic rings. The first-order chi connectivity index (χ1) is 8.24. The lowest BCUT2D eigenvalue weighted by atomic mass is 9.83. The Morgan fingerprint density at radius 2 is 1.82 bits per heavy atom. The van der Waals surface area contributed by atoms with Crippen LogP contribution >= 0.6 is 0 Å². The zero-order chi connectivity index (χ0) is 12.1. The van der Waals surface area contributed by atoms with Crippen LogP contribution in [0.4, 0.5) is 0 Å². The summed E-state index contributed by atoms with van der Waals surface area (Å²) in [6, 6.07) is 0.502. The van der Waals surface area contributed by atoms with E-state index in [9.17, 15) is 4.79 Å². The minimum Gasteiger partial charge on any atom is -0.353 e. The quantitative estimate of drug-likeness (QED) is 0.696. The number of hydrogen-bond donors (Lipinski definition) is 2. The molecule has 0 atom stereocenters. The number of hydrogen-bond acceptors (Lipinski definition) is 2. The van der Waals surface area contributed by atoms with Crippen LogP contribution in [0, 0.1) is 11.8 Å². The Balaban J connectivity index is 1.46. The molecule has 0 unspecified atom stereocenters. The number of carbonyl (C=O) groups excluding carboxylic acids is 1. The van der Waals surface area contributed by atoms with Crippen LogP contribution < -0.4 is 10.6 Å². The zero-order valence-electron chi connectivity index (χ0n) is 11.0. The summed E-state index contributed by atoms with van der Waals surface area (Å²) in [4.78, 5) is 11.4. The normalized spacial score (nSPS) is 29.0. The molecule has 3 heteroatoms. The summed E-state index contributed by atoms with van der Waals surface area (Å²) in [5, 5.41) is 6.45. The van der Waals surface area contributed by atoms with Gasteiger partial charge >= 0.3 is 0 Å². The highest BCUT2D eigenvalue weighted by molar-refractivity contribution is 5.76. The van der Waals surface area contributed by atoms with Crippen LogP contribution in [0.2, 0.25) is 0 Å². The van der Waals surface area contributed by atoms with Gasteiger partial charge < -0.3 is 10.6 Å². The molecule has 0 aromatic heterocycles. The molecule has 2 aliphatic carbocycles. The maximum atomic E-state index is 11.4. The van der Waals surface area contributed by atoms with E-state index >= 15 is 0 Å². The summed E-state index contributed by atoms with van der Waals surface area (Å²) < 4.78 is 0. The Bertz CT molecular complexity index is 243. The van der Waals surface area contributed by atoms with E-state index in [0.29, 0.717) is 12.5 Å². The number of nitrogens with one attached hydrogen (secondary N) is 2. The molecule has 0 aromatic carbocycles. The Labute approximate surface area is 105 Å². The minimum atomic E-state index is 0.220. The third-order valence-corrected chi connectivity index (χ3v) is 4.04. The SMILES string of the molecule is CC1CCC(CNCCC(=O)NC2CC2)CC1. The molecule has 2 rings (SSSR count). The van der Waals surface area contributed by atoms with Crippen molar-refractivity contribution in [2.75, 3.05) is 13.1 Å². The van der Waals surface area contributed by atoms with Crippen molar-refractivity contribution in [3.63, 3.8) is 0 Å². The molecule has 17 heavy (non-hydrogen) atoms. The Morgan fingerprint density at radius 3 is 2.47 bits per heavy atom. The van der Waals surface area contributed by atoms with Crippen LogP contribution in [-0.4, -0.2) is 25.0 Å². The van der Waals surface area contributed by atoms with E-state index < -0.39 is 0 Å². The number of amides is 1. The average molecular weight is 238 g/mol. The molecule has 1 amide bonds. The topological polar surface area (TPSA) is 41.1 Å². The maximum Gasteiger partial charge on any atom is 0.221 e. The highest BCUT2D eigenvalue weighted by atomic mass is 16.1. The standard InChI is InChI=1S/C14H26N2O/c1-11-2-4-12(5-3-11)10-15-9-8-14(17)16-13-6-7-13/h11-13,15H,2-10H2,1H3,(H,16,17). The summed E-state index contributed by atoms with van der Waals surface area (Å²) in [5.41, 5.74) is 0. The van der Waals surface area contributed by atoms with Gasteiger partial charge in [0.2, 0.25) is 5.91 Å². The van der Waals surface area contributed by atoms with Gasteiger partial charge in [0, 0.05) is 19.0 Å². The molecule has 0 radical (unpaired) electrons. The second kappa shape index (κ2) is 6.39. The lowest BCUT2D eigenvalue weighted by Crippen LogP contribution is -2.31. The van der Waals surface area contributed by atoms with Crippen molar-refractivity contribution in [3.05, 3.63) is 0 Å². The van der Waals surface area contributed by atoms with Gasteiger partial charge in [-0.2, -0.15) is 0 Å². The summed E-state index contributed by atoms with van der Waals surface area (Å²) in [5.74, 6) is 1.99. The molecule has 0 heterocycles. The van der Waals surface area contributed by atoms with E-state index in [1.165, 1.54) is 38.5 Å². The fourth-order valence-corrected chi connectivity index (χ4v) is 2.57. The molecule has 98 valence electrons. The van der Waals surface area contributed by atoms with Gasteiger partial charge in [-0.15, -0.1) is 0 Å². The maximum absolute atomic E-state index is 11.4. The average Bonchev–Trinajstić information content (AvgIpc) is 3.11. The molecular formula is C14H26N2O. The van der Waals surface area contributed by atoms with E-state index in [-0.39, 0.29) is 5.91 Å². The third-order valence-electron chi connectivity index (χ3n) is 4.04. The van der Waals surface area contributed by atoms with Crippen LogP contribution in [0.25, 0.3) is 0 Å². The highest BCUT2D eigenvalue weighted by Crippen LogP contribution is 2.27. The second-order valence-electron chi connectivity index (χ2n) is 5.92. The summed E-state index contributed by atoms with van der Waals surface area (Å²) >= 11 is 0. The summed E-state index contributed by atoms with van der Waals surface area (Å²) in [7, 11) is 0. The minimum absolute atomic E-state index is 0.220. The second-order valence-corrected chi connectivity index (χ2v) is 5.92. The highest BCUT2D eigenvalue weighted by Gasteiger charge is 2.22. The van der Waals surface area contributed by atoms with E-state index in [1.807, 2.05) is 0 Å². The first-order valence-electron chi connectivity index (χ1n) is 7.24. The van der Waals surface area contributed by atoms with Crippen molar-refractivity contribution in [1.82, 2.24) is 10.6 Å². The van der Waals surface area contributed by atoms with Crippen molar-refractivity contribution in [2.45, 2.75) is 57.9 Å². The van der Waals surface area contributed by atoms with Crippen molar-refractivity contribution >= 4 is 5.91 Å². The first-order valence-corrected chi connectivity index (χ1v) is 7.24. The monoisotopic (exact) mass is 238 g/mol. The van der Waals surface area contributed by atoms with Crippen molar-refractivity contribution in [3.8, 4) is 0 Å². The van der Waals surface area contributed by atoms with Gasteiger partial charge in [0.15, 0.2) is 0 Å². The van der Waals surface area contributed by atoms with Crippen molar-refractivity contribution < 1.29 is 4.79 Å². The van der Waals surface area contributed by atoms with Crippen molar-refractivity contribution in [1.29, 1.82) is 0 Å². The van der Waals surface area contributed by atoms with E-state index in [0.717, 1.165) is 24.9 Å². The van der Waals surface area contributed by atoms with Crippen LogP contribution in [-0.2, 0) is 4.79 Å². The van der Waals surface area contributed by atoms with Gasteiger partial charge in [0.1, 0.15) is 0 Å². The predicted octanol–water partition coefficient (Wildman–Crippen LogP) is 2.07. The zero-order valence-corrected chi connectivity index (χ0v) is 11.0. The fraction of sp³-hybridized carbons (Fsp3) is 0.929. The molecule has 2 fully saturated rings. The van der Waals surface area contributed by atoms with Crippen LogP contribution in [0.3, 0.4) is 0 Å². The van der Waals surface area contributed by atoms with Gasteiger partial charge in [0.25, 0.3) is 0 Å². The van der Waals surface area contributed by atoms with Crippen LogP contribution in [0.5, 0.6) is 0 Å². The van der Waals surface area contributed by atoms with E-state index in [1.54, 1.807) is 0 Å². The lowest BCUT2D eigenvalue weighted by Gasteiger charge is -2.26. The molecule has 3 nitrogen and oxygen atoms in total.